The minimum absolute atomic E-state index is 0.0766. The quantitative estimate of drug-likeness (QED) is 0.544. The van der Waals surface area contributed by atoms with Gasteiger partial charge < -0.3 is 15.3 Å². The van der Waals surface area contributed by atoms with E-state index in [2.05, 4.69) is 10.3 Å². The third-order valence-corrected chi connectivity index (χ3v) is 5.34. The van der Waals surface area contributed by atoms with Crippen LogP contribution in [0.25, 0.3) is 0 Å². The summed E-state index contributed by atoms with van der Waals surface area (Å²) < 4.78 is 15.3. The van der Waals surface area contributed by atoms with Gasteiger partial charge >= 0.3 is 5.97 Å². The van der Waals surface area contributed by atoms with E-state index in [-0.39, 0.29) is 33.5 Å². The third kappa shape index (κ3) is 3.14. The summed E-state index contributed by atoms with van der Waals surface area (Å²) in [4.78, 5) is 42.4. The van der Waals surface area contributed by atoms with Crippen LogP contribution in [0.2, 0.25) is 10.0 Å². The minimum Gasteiger partial charge on any atom is -0.478 e. The second-order valence-corrected chi connectivity index (χ2v) is 7.29. The Bertz CT molecular complexity index is 1160. The molecule has 2 aromatic rings. The van der Waals surface area contributed by atoms with Crippen molar-refractivity contribution in [2.75, 3.05) is 16.9 Å². The molecule has 30 heavy (non-hydrogen) atoms. The normalized spacial score (nSPS) is 18.1. The van der Waals surface area contributed by atoms with E-state index in [1.807, 2.05) is 0 Å². The predicted octanol–water partition coefficient (Wildman–Crippen LogP) is 3.65. The van der Waals surface area contributed by atoms with Crippen LogP contribution < -0.4 is 10.2 Å². The largest absolute Gasteiger partial charge is 0.478 e. The number of carbonyl (C=O) groups excluding carboxylic acids is 2. The lowest BCUT2D eigenvalue weighted by molar-refractivity contribution is -0.135. The Morgan fingerprint density at radius 2 is 1.87 bits per heavy atom. The molecule has 0 radical (unpaired) electrons. The molecule has 1 aromatic heterocycles. The molecule has 7 nitrogen and oxygen atoms in total. The first-order valence-electron chi connectivity index (χ1n) is 8.62. The number of pyridine rings is 1. The zero-order valence-electron chi connectivity index (χ0n) is 15.0. The number of anilines is 2. The van der Waals surface area contributed by atoms with Crippen LogP contribution in [-0.4, -0.2) is 40.5 Å². The fraction of sp³-hybridized carbons (Fsp3) is 0.100. The van der Waals surface area contributed by atoms with Crippen LogP contribution >= 0.6 is 23.2 Å². The number of rotatable bonds is 4. The van der Waals surface area contributed by atoms with Crippen molar-refractivity contribution in [2.45, 2.75) is 6.17 Å². The Kier molecular flexibility index (Phi) is 5.05. The van der Waals surface area contributed by atoms with Crippen molar-refractivity contribution < 1.29 is 23.9 Å². The highest BCUT2D eigenvalue weighted by Crippen LogP contribution is 2.39. The number of fused-ring (bicyclic) bond motifs is 1. The lowest BCUT2D eigenvalue weighted by Crippen LogP contribution is -2.39. The van der Waals surface area contributed by atoms with E-state index in [0.29, 0.717) is 11.4 Å². The third-order valence-electron chi connectivity index (χ3n) is 4.77. The second-order valence-electron chi connectivity index (χ2n) is 6.48. The predicted molar refractivity (Wildman–Crippen MR) is 109 cm³/mol. The van der Waals surface area contributed by atoms with Gasteiger partial charge in [-0.3, -0.25) is 14.6 Å². The van der Waals surface area contributed by atoms with Gasteiger partial charge in [0.25, 0.3) is 0 Å². The number of carboxylic acids is 1. The van der Waals surface area contributed by atoms with Gasteiger partial charge in [0.1, 0.15) is 5.57 Å². The standard InChI is InChI=1S/C20H12Cl2FN3O4/c21-11-6-24-7-12(22)15(11)18(27)9-5-10(20(29)30)19(28)16(23)17(9)26-8-25-13-3-1-2-4-14(13)26/h1-7,16,25H,8H2,(H,29,30). The molecule has 2 aliphatic rings. The van der Waals surface area contributed by atoms with Crippen molar-refractivity contribution in [1.29, 1.82) is 0 Å². The Morgan fingerprint density at radius 1 is 1.20 bits per heavy atom. The van der Waals surface area contributed by atoms with Crippen molar-refractivity contribution in [1.82, 2.24) is 4.98 Å². The van der Waals surface area contributed by atoms with Gasteiger partial charge in [-0.1, -0.05) is 35.3 Å². The molecule has 2 N–H and O–H groups in total. The molecule has 0 spiro atoms. The summed E-state index contributed by atoms with van der Waals surface area (Å²) in [5.41, 5.74) is -0.402. The highest BCUT2D eigenvalue weighted by molar-refractivity contribution is 6.41. The lowest BCUT2D eigenvalue weighted by Gasteiger charge is -2.29. The average molecular weight is 448 g/mol. The van der Waals surface area contributed by atoms with Crippen molar-refractivity contribution in [3.63, 3.8) is 0 Å². The minimum atomic E-state index is -2.37. The Labute approximate surface area is 179 Å². The summed E-state index contributed by atoms with van der Waals surface area (Å²) in [6, 6.07) is 6.93. The average Bonchev–Trinajstić information content (AvgIpc) is 3.13. The molecule has 1 aliphatic heterocycles. The molecule has 0 amide bonds. The van der Waals surface area contributed by atoms with Gasteiger partial charge in [-0.2, -0.15) is 0 Å². The summed E-state index contributed by atoms with van der Waals surface area (Å²) in [6.07, 6.45) is 0.881. The fourth-order valence-corrected chi connectivity index (χ4v) is 3.94. The maximum absolute atomic E-state index is 15.3. The molecule has 152 valence electrons. The van der Waals surface area contributed by atoms with Gasteiger partial charge in [0.2, 0.25) is 12.0 Å². The van der Waals surface area contributed by atoms with E-state index in [9.17, 15) is 19.5 Å². The molecular formula is C20H12Cl2FN3O4. The van der Waals surface area contributed by atoms with Crippen molar-refractivity contribution in [2.24, 2.45) is 0 Å². The summed E-state index contributed by atoms with van der Waals surface area (Å²) in [5.74, 6) is -3.70. The Hall–Kier alpha value is -3.23. The number of alkyl halides is 1. The van der Waals surface area contributed by atoms with Crippen molar-refractivity contribution in [3.05, 3.63) is 75.2 Å². The van der Waals surface area contributed by atoms with Gasteiger partial charge in [-0.25, -0.2) is 9.18 Å². The van der Waals surface area contributed by atoms with Crippen LogP contribution in [0.5, 0.6) is 0 Å². The summed E-state index contributed by atoms with van der Waals surface area (Å²) in [5, 5.41) is 12.2. The number of carboxylic acid groups (broad SMARTS) is 1. The van der Waals surface area contributed by atoms with E-state index in [1.54, 1.807) is 24.3 Å². The first-order valence-corrected chi connectivity index (χ1v) is 9.38. The molecule has 1 aromatic carbocycles. The first kappa shape index (κ1) is 20.1. The zero-order valence-corrected chi connectivity index (χ0v) is 16.5. The molecule has 0 bridgehead atoms. The number of para-hydroxylation sites is 2. The van der Waals surface area contributed by atoms with E-state index in [1.165, 1.54) is 17.3 Å². The number of hydrogen-bond donors (Lipinski definition) is 2. The fourth-order valence-electron chi connectivity index (χ4n) is 3.40. The SMILES string of the molecule is O=C(O)C1=CC(C(=O)c2c(Cl)cncc2Cl)=C(N2CNc3ccccc32)C(F)C1=O. The molecule has 10 heteroatoms. The second kappa shape index (κ2) is 7.55. The maximum Gasteiger partial charge on any atom is 0.339 e. The van der Waals surface area contributed by atoms with Gasteiger partial charge in [0.15, 0.2) is 5.78 Å². The number of aromatic nitrogens is 1. The van der Waals surface area contributed by atoms with Crippen molar-refractivity contribution >= 4 is 52.1 Å². The number of ketones is 2. The summed E-state index contributed by atoms with van der Waals surface area (Å²) in [7, 11) is 0. The molecule has 0 fully saturated rings. The topological polar surface area (TPSA) is 99.6 Å². The number of nitrogens with zero attached hydrogens (tertiary/aromatic N) is 2. The van der Waals surface area contributed by atoms with Crippen LogP contribution in [-0.2, 0) is 9.59 Å². The molecule has 4 rings (SSSR count). The van der Waals surface area contributed by atoms with Gasteiger partial charge in [-0.05, 0) is 18.2 Å². The van der Waals surface area contributed by atoms with Crippen LogP contribution in [0.15, 0.2) is 59.6 Å². The van der Waals surface area contributed by atoms with Crippen molar-refractivity contribution in [3.8, 4) is 0 Å². The number of hydrogen-bond acceptors (Lipinski definition) is 6. The monoisotopic (exact) mass is 447 g/mol. The summed E-state index contributed by atoms with van der Waals surface area (Å²) in [6.45, 7) is 0.0766. The van der Waals surface area contributed by atoms with Crippen LogP contribution in [0.1, 0.15) is 10.4 Å². The van der Waals surface area contributed by atoms with Crippen LogP contribution in [0.3, 0.4) is 0 Å². The van der Waals surface area contributed by atoms with Gasteiger partial charge in [-0.15, -0.1) is 0 Å². The van der Waals surface area contributed by atoms with Crippen LogP contribution in [0.4, 0.5) is 15.8 Å². The Morgan fingerprint density at radius 3 is 2.53 bits per heavy atom. The van der Waals surface area contributed by atoms with E-state index in [0.717, 1.165) is 6.08 Å². The maximum atomic E-state index is 15.3. The number of carbonyl (C=O) groups is 3. The molecule has 1 aliphatic carbocycles. The highest BCUT2D eigenvalue weighted by atomic mass is 35.5. The number of aliphatic carboxylic acids is 1. The number of allylic oxidation sites excluding steroid dienone is 3. The number of nitrogens with one attached hydrogen (secondary N) is 1. The lowest BCUT2D eigenvalue weighted by atomic mass is 9.88. The zero-order chi connectivity index (χ0) is 21.6. The number of halogens is 3. The number of Topliss-reactive ketones (excluding diaryl/α,β-unsaturated/α-hetero) is 2. The molecular weight excluding hydrogens is 436 g/mol. The van der Waals surface area contributed by atoms with Gasteiger partial charge in [0, 0.05) is 18.0 Å². The van der Waals surface area contributed by atoms with E-state index >= 15 is 4.39 Å². The van der Waals surface area contributed by atoms with Crippen LogP contribution in [0, 0.1) is 0 Å². The van der Waals surface area contributed by atoms with E-state index in [4.69, 9.17) is 23.2 Å². The molecule has 1 atom stereocenters. The summed E-state index contributed by atoms with van der Waals surface area (Å²) >= 11 is 12.2. The number of benzene rings is 1. The van der Waals surface area contributed by atoms with E-state index < -0.39 is 29.3 Å². The smallest absolute Gasteiger partial charge is 0.339 e. The highest BCUT2D eigenvalue weighted by Gasteiger charge is 2.42. The molecule has 0 saturated carbocycles. The molecule has 1 unspecified atom stereocenters. The van der Waals surface area contributed by atoms with Gasteiger partial charge in [0.05, 0.1) is 39.3 Å². The molecule has 2 heterocycles. The first-order chi connectivity index (χ1) is 14.3. The molecule has 0 saturated heterocycles. The Balaban J connectivity index is 1.97.